The summed E-state index contributed by atoms with van der Waals surface area (Å²) in [5.41, 5.74) is 0. The topological polar surface area (TPSA) is 86.7 Å². The third-order valence-corrected chi connectivity index (χ3v) is 2.29. The highest BCUT2D eigenvalue weighted by Gasteiger charge is 2.42. The molecule has 0 unspecified atom stereocenters. The Hall–Kier alpha value is -1.72. The number of carbonyl (C=O) groups is 4. The van der Waals surface area contributed by atoms with Crippen molar-refractivity contribution in [2.24, 2.45) is 11.8 Å². The monoisotopic (exact) mass is 258 g/mol. The van der Waals surface area contributed by atoms with Crippen LogP contribution in [0, 0.1) is 11.8 Å². The van der Waals surface area contributed by atoms with Gasteiger partial charge in [0.2, 0.25) is 0 Å². The van der Waals surface area contributed by atoms with Crippen LogP contribution >= 0.6 is 0 Å². The van der Waals surface area contributed by atoms with E-state index in [2.05, 4.69) is 0 Å². The molecule has 0 spiro atoms. The molecule has 18 heavy (non-hydrogen) atoms. The molecule has 0 aromatic heterocycles. The van der Waals surface area contributed by atoms with Crippen LogP contribution in [-0.2, 0) is 28.7 Å². The Kier molecular flexibility index (Phi) is 6.85. The van der Waals surface area contributed by atoms with Crippen LogP contribution in [0.15, 0.2) is 0 Å². The van der Waals surface area contributed by atoms with Gasteiger partial charge >= 0.3 is 11.9 Å². The highest BCUT2D eigenvalue weighted by Crippen LogP contribution is 2.18. The van der Waals surface area contributed by atoms with E-state index in [9.17, 15) is 19.2 Å². The maximum Gasteiger partial charge on any atom is 0.317 e. The molecule has 102 valence electrons. The fraction of sp³-hybridized carbons (Fsp3) is 0.667. The summed E-state index contributed by atoms with van der Waals surface area (Å²) >= 11 is 0. The van der Waals surface area contributed by atoms with Gasteiger partial charge < -0.3 is 9.47 Å². The molecule has 0 aliphatic rings. The number of Topliss-reactive ketones (excluding diaryl/α,β-unsaturated/α-hetero) is 2. The maximum atomic E-state index is 11.6. The lowest BCUT2D eigenvalue weighted by Crippen LogP contribution is -2.40. The fourth-order valence-corrected chi connectivity index (χ4v) is 1.54. The Labute approximate surface area is 106 Å². The number of ketones is 2. The summed E-state index contributed by atoms with van der Waals surface area (Å²) in [5.74, 6) is -5.80. The minimum absolute atomic E-state index is 0.0655. The summed E-state index contributed by atoms with van der Waals surface area (Å²) in [6.07, 6.45) is 0. The fourth-order valence-electron chi connectivity index (χ4n) is 1.54. The summed E-state index contributed by atoms with van der Waals surface area (Å²) in [4.78, 5) is 46.2. The molecule has 6 heteroatoms. The van der Waals surface area contributed by atoms with Crippen molar-refractivity contribution in [2.45, 2.75) is 27.7 Å². The number of esters is 2. The van der Waals surface area contributed by atoms with Gasteiger partial charge in [-0.15, -0.1) is 0 Å². The Morgan fingerprint density at radius 2 is 1.06 bits per heavy atom. The first-order valence-corrected chi connectivity index (χ1v) is 5.70. The van der Waals surface area contributed by atoms with Crippen LogP contribution in [0.4, 0.5) is 0 Å². The third kappa shape index (κ3) is 4.27. The van der Waals surface area contributed by atoms with Gasteiger partial charge in [0.25, 0.3) is 0 Å². The molecule has 0 rings (SSSR count). The largest absolute Gasteiger partial charge is 0.465 e. The number of rotatable bonds is 7. The molecule has 0 aromatic carbocycles. The van der Waals surface area contributed by atoms with Crippen LogP contribution in [0.2, 0.25) is 0 Å². The zero-order chi connectivity index (χ0) is 14.3. The van der Waals surface area contributed by atoms with E-state index in [-0.39, 0.29) is 13.2 Å². The number of hydrogen-bond acceptors (Lipinski definition) is 6. The van der Waals surface area contributed by atoms with E-state index in [1.807, 2.05) is 0 Å². The zero-order valence-electron chi connectivity index (χ0n) is 11.0. The minimum atomic E-state index is -1.43. The molecule has 0 N–H and O–H groups in total. The van der Waals surface area contributed by atoms with Crippen molar-refractivity contribution < 1.29 is 28.7 Å². The van der Waals surface area contributed by atoms with Crippen LogP contribution < -0.4 is 0 Å². The molecule has 0 bridgehead atoms. The normalized spacial score (nSPS) is 13.3. The maximum absolute atomic E-state index is 11.6. The quantitative estimate of drug-likeness (QED) is 0.489. The lowest BCUT2D eigenvalue weighted by molar-refractivity contribution is -0.165. The van der Waals surface area contributed by atoms with Crippen molar-refractivity contribution in [1.29, 1.82) is 0 Å². The molecule has 0 aromatic rings. The first kappa shape index (κ1) is 16.3. The van der Waals surface area contributed by atoms with E-state index in [4.69, 9.17) is 9.47 Å². The molecule has 6 nitrogen and oxygen atoms in total. The summed E-state index contributed by atoms with van der Waals surface area (Å²) in [5, 5.41) is 0. The summed E-state index contributed by atoms with van der Waals surface area (Å²) in [6, 6.07) is 0. The standard InChI is InChI=1S/C12H18O6/c1-5-17-11(15)9(7(3)13)10(8(4)14)12(16)18-6-2/h9-10H,5-6H2,1-4H3/t9-,10-/m0/s1. The number of hydrogen-bond donors (Lipinski definition) is 0. The van der Waals surface area contributed by atoms with Crippen LogP contribution in [0.3, 0.4) is 0 Å². The number of ether oxygens (including phenoxy) is 2. The molecule has 0 amide bonds. The van der Waals surface area contributed by atoms with Gasteiger partial charge in [0.15, 0.2) is 0 Å². The lowest BCUT2D eigenvalue weighted by Gasteiger charge is -2.19. The van der Waals surface area contributed by atoms with Gasteiger partial charge in [-0.05, 0) is 27.7 Å². The van der Waals surface area contributed by atoms with Gasteiger partial charge in [-0.25, -0.2) is 0 Å². The Bertz CT molecular complexity index is 312. The van der Waals surface area contributed by atoms with Crippen molar-refractivity contribution >= 4 is 23.5 Å². The predicted octanol–water partition coefficient (Wildman–Crippen LogP) is 0.523. The zero-order valence-corrected chi connectivity index (χ0v) is 11.0. The van der Waals surface area contributed by atoms with Crippen molar-refractivity contribution in [3.8, 4) is 0 Å². The van der Waals surface area contributed by atoms with Crippen LogP contribution in [0.1, 0.15) is 27.7 Å². The molecule has 0 saturated carbocycles. The second-order valence-electron chi connectivity index (χ2n) is 3.68. The second-order valence-corrected chi connectivity index (χ2v) is 3.68. The summed E-state index contributed by atoms with van der Waals surface area (Å²) in [7, 11) is 0. The first-order valence-electron chi connectivity index (χ1n) is 5.70. The van der Waals surface area contributed by atoms with Gasteiger partial charge in [-0.3, -0.25) is 19.2 Å². The number of carbonyl (C=O) groups excluding carboxylic acids is 4. The summed E-state index contributed by atoms with van der Waals surface area (Å²) in [6.45, 7) is 5.55. The smallest absolute Gasteiger partial charge is 0.317 e. The SMILES string of the molecule is CCOC(=O)[C@@H](C(C)=O)[C@H](C(C)=O)C(=O)OCC. The molecular weight excluding hydrogens is 240 g/mol. The predicted molar refractivity (Wildman–Crippen MR) is 61.6 cm³/mol. The van der Waals surface area contributed by atoms with E-state index >= 15 is 0 Å². The van der Waals surface area contributed by atoms with E-state index in [1.165, 1.54) is 0 Å². The van der Waals surface area contributed by atoms with Crippen LogP contribution in [-0.4, -0.2) is 36.7 Å². The lowest BCUT2D eigenvalue weighted by atomic mass is 9.86. The van der Waals surface area contributed by atoms with E-state index in [0.717, 1.165) is 13.8 Å². The van der Waals surface area contributed by atoms with Gasteiger partial charge in [0.05, 0.1) is 13.2 Å². The van der Waals surface area contributed by atoms with Gasteiger partial charge in [-0.2, -0.15) is 0 Å². The van der Waals surface area contributed by atoms with Gasteiger partial charge in [0, 0.05) is 0 Å². The first-order chi connectivity index (χ1) is 8.36. The average Bonchev–Trinajstić information content (AvgIpc) is 2.24. The molecule has 0 heterocycles. The van der Waals surface area contributed by atoms with E-state index < -0.39 is 35.3 Å². The van der Waals surface area contributed by atoms with Crippen molar-refractivity contribution in [3.63, 3.8) is 0 Å². The van der Waals surface area contributed by atoms with Crippen LogP contribution in [0.5, 0.6) is 0 Å². The average molecular weight is 258 g/mol. The Balaban J connectivity index is 5.24. The highest BCUT2D eigenvalue weighted by atomic mass is 16.5. The Morgan fingerprint density at radius 3 is 1.22 bits per heavy atom. The van der Waals surface area contributed by atoms with Gasteiger partial charge in [0.1, 0.15) is 23.4 Å². The van der Waals surface area contributed by atoms with Crippen LogP contribution in [0.25, 0.3) is 0 Å². The molecule has 2 atom stereocenters. The van der Waals surface area contributed by atoms with E-state index in [0.29, 0.717) is 0 Å². The van der Waals surface area contributed by atoms with E-state index in [1.54, 1.807) is 13.8 Å². The Morgan fingerprint density at radius 1 is 0.778 bits per heavy atom. The van der Waals surface area contributed by atoms with Crippen molar-refractivity contribution in [2.75, 3.05) is 13.2 Å². The highest BCUT2D eigenvalue weighted by molar-refractivity contribution is 6.10. The van der Waals surface area contributed by atoms with Gasteiger partial charge in [-0.1, -0.05) is 0 Å². The molecule has 0 aliphatic carbocycles. The summed E-state index contributed by atoms with van der Waals surface area (Å²) < 4.78 is 9.41. The third-order valence-electron chi connectivity index (χ3n) is 2.29. The molecule has 0 aliphatic heterocycles. The van der Waals surface area contributed by atoms with Crippen molar-refractivity contribution in [1.82, 2.24) is 0 Å². The molecule has 0 radical (unpaired) electrons. The second kappa shape index (κ2) is 7.58. The molecular formula is C12H18O6. The van der Waals surface area contributed by atoms with Crippen molar-refractivity contribution in [3.05, 3.63) is 0 Å². The molecule has 0 saturated heterocycles. The molecule has 0 fully saturated rings. The minimum Gasteiger partial charge on any atom is -0.465 e.